The third-order valence-corrected chi connectivity index (χ3v) is 3.72. The van der Waals surface area contributed by atoms with E-state index >= 15 is 0 Å². The number of rotatable bonds is 7. The molecule has 5 heteroatoms. The Kier molecular flexibility index (Phi) is 6.29. The van der Waals surface area contributed by atoms with Crippen molar-refractivity contribution in [3.8, 4) is 11.4 Å². The summed E-state index contributed by atoms with van der Waals surface area (Å²) in [6.45, 7) is 10.3. The summed E-state index contributed by atoms with van der Waals surface area (Å²) in [6.07, 6.45) is 0. The summed E-state index contributed by atoms with van der Waals surface area (Å²) in [6, 6.07) is 11.5. The van der Waals surface area contributed by atoms with E-state index in [1.807, 2.05) is 44.2 Å². The number of carbonyl (C=O) groups excluding carboxylic acids is 1. The van der Waals surface area contributed by atoms with Crippen LogP contribution in [0.15, 0.2) is 36.4 Å². The molecule has 1 amide bonds. The molecule has 128 valence electrons. The van der Waals surface area contributed by atoms with E-state index in [-0.39, 0.29) is 5.91 Å². The van der Waals surface area contributed by atoms with Crippen LogP contribution >= 0.6 is 0 Å². The maximum Gasteiger partial charge on any atom is 0.272 e. The number of aromatic nitrogens is 2. The lowest BCUT2D eigenvalue weighted by molar-refractivity contribution is 0.0767. The van der Waals surface area contributed by atoms with Crippen molar-refractivity contribution in [2.75, 3.05) is 25.0 Å². The molecule has 1 aromatic carbocycles. The van der Waals surface area contributed by atoms with Gasteiger partial charge in [0.05, 0.1) is 0 Å². The van der Waals surface area contributed by atoms with Gasteiger partial charge in [-0.25, -0.2) is 9.97 Å². The van der Waals surface area contributed by atoms with Gasteiger partial charge in [0.15, 0.2) is 5.82 Å². The molecule has 24 heavy (non-hydrogen) atoms. The SMILES string of the molecule is CCN(CC)C(=O)c1cc(NCC(C)C)nc(-c2ccccc2)n1. The molecule has 1 N–H and O–H groups in total. The number of hydrogen-bond donors (Lipinski definition) is 1. The van der Waals surface area contributed by atoms with Crippen LogP contribution in [-0.4, -0.2) is 40.4 Å². The van der Waals surface area contributed by atoms with Crippen molar-refractivity contribution < 1.29 is 4.79 Å². The Morgan fingerprint density at radius 1 is 1.12 bits per heavy atom. The first-order valence-electron chi connectivity index (χ1n) is 8.52. The molecule has 0 aliphatic heterocycles. The van der Waals surface area contributed by atoms with Crippen LogP contribution in [0.5, 0.6) is 0 Å². The molecule has 0 radical (unpaired) electrons. The van der Waals surface area contributed by atoms with Crippen LogP contribution in [0.3, 0.4) is 0 Å². The highest BCUT2D eigenvalue weighted by Gasteiger charge is 2.17. The molecule has 0 fully saturated rings. The second-order valence-corrected chi connectivity index (χ2v) is 6.08. The summed E-state index contributed by atoms with van der Waals surface area (Å²) in [5, 5.41) is 3.30. The number of amides is 1. The Balaban J connectivity index is 2.42. The van der Waals surface area contributed by atoms with Crippen molar-refractivity contribution in [2.24, 2.45) is 5.92 Å². The molecule has 0 saturated heterocycles. The smallest absolute Gasteiger partial charge is 0.272 e. The summed E-state index contributed by atoms with van der Waals surface area (Å²) in [7, 11) is 0. The molecule has 2 rings (SSSR count). The Bertz CT molecular complexity index is 666. The van der Waals surface area contributed by atoms with Crippen molar-refractivity contribution in [1.82, 2.24) is 14.9 Å². The average Bonchev–Trinajstić information content (AvgIpc) is 2.61. The summed E-state index contributed by atoms with van der Waals surface area (Å²) < 4.78 is 0. The number of hydrogen-bond acceptors (Lipinski definition) is 4. The van der Waals surface area contributed by atoms with Gasteiger partial charge in [0.2, 0.25) is 0 Å². The van der Waals surface area contributed by atoms with Crippen molar-refractivity contribution in [3.05, 3.63) is 42.1 Å². The van der Waals surface area contributed by atoms with Gasteiger partial charge >= 0.3 is 0 Å². The molecule has 5 nitrogen and oxygen atoms in total. The Labute approximate surface area is 144 Å². The summed E-state index contributed by atoms with van der Waals surface area (Å²) in [4.78, 5) is 23.5. The lowest BCUT2D eigenvalue weighted by Crippen LogP contribution is -2.31. The first-order chi connectivity index (χ1) is 11.5. The van der Waals surface area contributed by atoms with Gasteiger partial charge in [-0.05, 0) is 19.8 Å². The van der Waals surface area contributed by atoms with Crippen molar-refractivity contribution in [1.29, 1.82) is 0 Å². The first kappa shape index (κ1) is 17.9. The van der Waals surface area contributed by atoms with Gasteiger partial charge in [-0.1, -0.05) is 44.2 Å². The molecular weight excluding hydrogens is 300 g/mol. The number of nitrogens with one attached hydrogen (secondary N) is 1. The highest BCUT2D eigenvalue weighted by Crippen LogP contribution is 2.19. The molecule has 0 aliphatic carbocycles. The van der Waals surface area contributed by atoms with Gasteiger partial charge in [0, 0.05) is 31.3 Å². The second-order valence-electron chi connectivity index (χ2n) is 6.08. The van der Waals surface area contributed by atoms with Crippen molar-refractivity contribution in [2.45, 2.75) is 27.7 Å². The molecular formula is C19H26N4O. The quantitative estimate of drug-likeness (QED) is 0.843. The topological polar surface area (TPSA) is 58.1 Å². The van der Waals surface area contributed by atoms with Crippen LogP contribution in [-0.2, 0) is 0 Å². The lowest BCUT2D eigenvalue weighted by Gasteiger charge is -2.19. The highest BCUT2D eigenvalue weighted by molar-refractivity contribution is 5.93. The van der Waals surface area contributed by atoms with Crippen LogP contribution in [0.2, 0.25) is 0 Å². The molecule has 0 spiro atoms. The van der Waals surface area contributed by atoms with Crippen molar-refractivity contribution >= 4 is 11.7 Å². The van der Waals surface area contributed by atoms with Gasteiger partial charge in [0.1, 0.15) is 11.5 Å². The molecule has 0 bridgehead atoms. The molecule has 0 unspecified atom stereocenters. The normalized spacial score (nSPS) is 10.7. The summed E-state index contributed by atoms with van der Waals surface area (Å²) >= 11 is 0. The zero-order valence-electron chi connectivity index (χ0n) is 14.9. The first-order valence-corrected chi connectivity index (χ1v) is 8.52. The predicted octanol–water partition coefficient (Wildman–Crippen LogP) is 3.69. The molecule has 0 saturated carbocycles. The van der Waals surface area contributed by atoms with Crippen LogP contribution < -0.4 is 5.32 Å². The van der Waals surface area contributed by atoms with Gasteiger partial charge in [-0.2, -0.15) is 0 Å². The van der Waals surface area contributed by atoms with E-state index in [2.05, 4.69) is 29.1 Å². The van der Waals surface area contributed by atoms with E-state index in [0.717, 1.165) is 12.1 Å². The maximum atomic E-state index is 12.7. The lowest BCUT2D eigenvalue weighted by atomic mass is 10.2. The van der Waals surface area contributed by atoms with Gasteiger partial charge < -0.3 is 10.2 Å². The largest absolute Gasteiger partial charge is 0.370 e. The summed E-state index contributed by atoms with van der Waals surface area (Å²) in [5.74, 6) is 1.68. The Morgan fingerprint density at radius 3 is 2.38 bits per heavy atom. The predicted molar refractivity (Wildman–Crippen MR) is 98.0 cm³/mol. The molecule has 0 aliphatic rings. The van der Waals surface area contributed by atoms with E-state index in [4.69, 9.17) is 0 Å². The van der Waals surface area contributed by atoms with E-state index in [1.165, 1.54) is 0 Å². The third-order valence-electron chi connectivity index (χ3n) is 3.72. The fourth-order valence-electron chi connectivity index (χ4n) is 2.35. The molecule has 1 aromatic heterocycles. The number of carbonyl (C=O) groups is 1. The number of anilines is 1. The second kappa shape index (κ2) is 8.43. The third kappa shape index (κ3) is 4.54. The van der Waals surface area contributed by atoms with Crippen LogP contribution in [0.25, 0.3) is 11.4 Å². The zero-order valence-corrected chi connectivity index (χ0v) is 14.9. The van der Waals surface area contributed by atoms with E-state index in [0.29, 0.717) is 36.3 Å². The minimum Gasteiger partial charge on any atom is -0.370 e. The molecule has 1 heterocycles. The number of nitrogens with zero attached hydrogens (tertiary/aromatic N) is 3. The monoisotopic (exact) mass is 326 g/mol. The van der Waals surface area contributed by atoms with E-state index in [9.17, 15) is 4.79 Å². The Hall–Kier alpha value is -2.43. The van der Waals surface area contributed by atoms with Crippen LogP contribution in [0.4, 0.5) is 5.82 Å². The minimum atomic E-state index is -0.0628. The van der Waals surface area contributed by atoms with Gasteiger partial charge in [-0.3, -0.25) is 4.79 Å². The molecule has 2 aromatic rings. The average molecular weight is 326 g/mol. The Morgan fingerprint density at radius 2 is 1.79 bits per heavy atom. The fourth-order valence-corrected chi connectivity index (χ4v) is 2.35. The fraction of sp³-hybridized carbons (Fsp3) is 0.421. The van der Waals surface area contributed by atoms with Crippen LogP contribution in [0.1, 0.15) is 38.2 Å². The van der Waals surface area contributed by atoms with Crippen molar-refractivity contribution in [3.63, 3.8) is 0 Å². The molecule has 0 atom stereocenters. The van der Waals surface area contributed by atoms with Gasteiger partial charge in [-0.15, -0.1) is 0 Å². The van der Waals surface area contributed by atoms with E-state index in [1.54, 1.807) is 11.0 Å². The highest BCUT2D eigenvalue weighted by atomic mass is 16.2. The standard InChI is InChI=1S/C19H26N4O/c1-5-23(6-2)19(24)16-12-17(20-13-14(3)4)22-18(21-16)15-10-8-7-9-11-15/h7-12,14H,5-6,13H2,1-4H3,(H,20,21,22). The van der Waals surface area contributed by atoms with E-state index < -0.39 is 0 Å². The zero-order chi connectivity index (χ0) is 17.5. The minimum absolute atomic E-state index is 0.0628. The van der Waals surface area contributed by atoms with Gasteiger partial charge in [0.25, 0.3) is 5.91 Å². The summed E-state index contributed by atoms with van der Waals surface area (Å²) in [5.41, 5.74) is 1.33. The van der Waals surface area contributed by atoms with Crippen LogP contribution in [0, 0.1) is 5.92 Å². The maximum absolute atomic E-state index is 12.7. The number of benzene rings is 1.